The Kier molecular flexibility index (Phi) is 5.27. The van der Waals surface area contributed by atoms with E-state index in [-0.39, 0.29) is 17.0 Å². The van der Waals surface area contributed by atoms with Crippen molar-refractivity contribution in [2.24, 2.45) is 0 Å². The van der Waals surface area contributed by atoms with Gasteiger partial charge < -0.3 is 5.32 Å². The van der Waals surface area contributed by atoms with Crippen LogP contribution in [0.25, 0.3) is 0 Å². The van der Waals surface area contributed by atoms with Gasteiger partial charge in [0.15, 0.2) is 0 Å². The van der Waals surface area contributed by atoms with E-state index >= 15 is 0 Å². The summed E-state index contributed by atoms with van der Waals surface area (Å²) in [4.78, 5) is 10.3. The van der Waals surface area contributed by atoms with Gasteiger partial charge in [-0.15, -0.1) is 0 Å². The molecule has 2 rings (SSSR count). The highest BCUT2D eigenvalue weighted by Gasteiger charge is 2.20. The van der Waals surface area contributed by atoms with E-state index in [1.807, 2.05) is 0 Å². The van der Waals surface area contributed by atoms with Crippen LogP contribution in [0.5, 0.6) is 0 Å². The predicted octanol–water partition coefficient (Wildman–Crippen LogP) is 1.16. The van der Waals surface area contributed by atoms with Crippen LogP contribution in [0.4, 0.5) is 5.69 Å². The van der Waals surface area contributed by atoms with Crippen LogP contribution >= 0.6 is 0 Å². The number of hydrogen-bond acceptors (Lipinski definition) is 5. The van der Waals surface area contributed by atoms with Crippen molar-refractivity contribution >= 4 is 15.7 Å². The van der Waals surface area contributed by atoms with Crippen LogP contribution in [0.15, 0.2) is 24.3 Å². The number of hydrogen-bond donors (Lipinski definition) is 2. The molecule has 0 aliphatic carbocycles. The summed E-state index contributed by atoms with van der Waals surface area (Å²) >= 11 is 0. The van der Waals surface area contributed by atoms with Crippen molar-refractivity contribution in [2.45, 2.75) is 31.1 Å². The highest BCUT2D eigenvalue weighted by molar-refractivity contribution is 7.88. The highest BCUT2D eigenvalue weighted by atomic mass is 32.2. The minimum Gasteiger partial charge on any atom is -0.314 e. The Bertz CT molecular complexity index is 597. The molecule has 0 radical (unpaired) electrons. The van der Waals surface area contributed by atoms with E-state index in [0.29, 0.717) is 12.6 Å². The summed E-state index contributed by atoms with van der Waals surface area (Å²) < 4.78 is 26.5. The molecule has 8 heteroatoms. The summed E-state index contributed by atoms with van der Waals surface area (Å²) in [6.07, 6.45) is 2.91. The smallest absolute Gasteiger partial charge is 0.273 e. The van der Waals surface area contributed by atoms with Crippen LogP contribution in [-0.2, 0) is 15.8 Å². The van der Waals surface area contributed by atoms with Crippen molar-refractivity contribution in [1.82, 2.24) is 10.0 Å². The van der Waals surface area contributed by atoms with Crippen LogP contribution < -0.4 is 10.0 Å². The Morgan fingerprint density at radius 2 is 2.14 bits per heavy atom. The van der Waals surface area contributed by atoms with Crippen LogP contribution in [0.1, 0.15) is 24.8 Å². The van der Waals surface area contributed by atoms with Crippen molar-refractivity contribution in [3.05, 3.63) is 39.9 Å². The third kappa shape index (κ3) is 4.76. The fourth-order valence-corrected chi connectivity index (χ4v) is 3.64. The lowest BCUT2D eigenvalue weighted by molar-refractivity contribution is -0.385. The molecule has 1 aliphatic rings. The number of nitrogens with zero attached hydrogens (tertiary/aromatic N) is 1. The molecule has 0 aromatic heterocycles. The van der Waals surface area contributed by atoms with Gasteiger partial charge in [-0.1, -0.05) is 18.2 Å². The highest BCUT2D eigenvalue weighted by Crippen LogP contribution is 2.19. The minimum atomic E-state index is -3.56. The first-order chi connectivity index (χ1) is 9.98. The maximum atomic E-state index is 12.0. The zero-order valence-corrected chi connectivity index (χ0v) is 12.4. The number of sulfonamides is 1. The molecular formula is C13H19N3O4S. The fraction of sp³-hybridized carbons (Fsp3) is 0.538. The molecule has 2 N–H and O–H groups in total. The van der Waals surface area contributed by atoms with Crippen molar-refractivity contribution in [1.29, 1.82) is 0 Å². The zero-order valence-electron chi connectivity index (χ0n) is 11.6. The van der Waals surface area contributed by atoms with Gasteiger partial charge in [-0.05, 0) is 25.8 Å². The lowest BCUT2D eigenvalue weighted by Gasteiger charge is -2.11. The number of nitro benzene ring substituents is 1. The molecule has 0 unspecified atom stereocenters. The van der Waals surface area contributed by atoms with Gasteiger partial charge in [-0.3, -0.25) is 10.1 Å². The molecule has 0 spiro atoms. The standard InChI is InChI=1S/C13H19N3O4S/c17-16(18)13-6-2-1-4-11(13)10-21(19,20)15-9-7-12-5-3-8-14-12/h1-2,4,6,12,14-15H,3,5,7-10H2/t12-/m0/s1. The lowest BCUT2D eigenvalue weighted by Crippen LogP contribution is -2.31. The Morgan fingerprint density at radius 3 is 2.81 bits per heavy atom. The van der Waals surface area contributed by atoms with E-state index in [4.69, 9.17) is 0 Å². The topological polar surface area (TPSA) is 101 Å². The van der Waals surface area contributed by atoms with E-state index in [1.165, 1.54) is 18.2 Å². The van der Waals surface area contributed by atoms with Crippen LogP contribution in [0.2, 0.25) is 0 Å². The zero-order chi connectivity index (χ0) is 15.3. The lowest BCUT2D eigenvalue weighted by atomic mass is 10.2. The molecule has 1 atom stereocenters. The second-order valence-electron chi connectivity index (χ2n) is 5.12. The van der Waals surface area contributed by atoms with E-state index in [1.54, 1.807) is 6.07 Å². The second-order valence-corrected chi connectivity index (χ2v) is 6.93. The summed E-state index contributed by atoms with van der Waals surface area (Å²) in [6.45, 7) is 1.33. The van der Waals surface area contributed by atoms with Crippen LogP contribution in [0, 0.1) is 10.1 Å². The first kappa shape index (κ1) is 15.9. The molecule has 1 aromatic rings. The maximum absolute atomic E-state index is 12.0. The monoisotopic (exact) mass is 313 g/mol. The van der Waals surface area contributed by atoms with Gasteiger partial charge in [-0.2, -0.15) is 0 Å². The molecule has 1 aliphatic heterocycles. The summed E-state index contributed by atoms with van der Waals surface area (Å²) in [5.41, 5.74) is 0.0364. The Morgan fingerprint density at radius 1 is 1.38 bits per heavy atom. The average molecular weight is 313 g/mol. The number of benzene rings is 1. The summed E-state index contributed by atoms with van der Waals surface area (Å²) in [6, 6.07) is 6.26. The molecule has 0 bridgehead atoms. The van der Waals surface area contributed by atoms with E-state index in [2.05, 4.69) is 10.0 Å². The van der Waals surface area contributed by atoms with Gasteiger partial charge in [0.2, 0.25) is 10.0 Å². The summed E-state index contributed by atoms with van der Waals surface area (Å²) in [5, 5.41) is 14.2. The maximum Gasteiger partial charge on any atom is 0.273 e. The summed E-state index contributed by atoms with van der Waals surface area (Å²) in [7, 11) is -3.56. The van der Waals surface area contributed by atoms with Gasteiger partial charge in [0.1, 0.15) is 0 Å². The average Bonchev–Trinajstić information content (AvgIpc) is 2.91. The van der Waals surface area contributed by atoms with Gasteiger partial charge >= 0.3 is 0 Å². The molecule has 1 saturated heterocycles. The molecule has 116 valence electrons. The van der Waals surface area contributed by atoms with Gasteiger partial charge in [-0.25, -0.2) is 13.1 Å². The minimum absolute atomic E-state index is 0.166. The van der Waals surface area contributed by atoms with E-state index in [0.717, 1.165) is 25.8 Å². The van der Waals surface area contributed by atoms with Gasteiger partial charge in [0.05, 0.1) is 10.7 Å². The third-order valence-electron chi connectivity index (χ3n) is 3.51. The third-order valence-corrected chi connectivity index (χ3v) is 4.85. The largest absolute Gasteiger partial charge is 0.314 e. The van der Waals surface area contributed by atoms with Gasteiger partial charge in [0.25, 0.3) is 5.69 Å². The number of nitro groups is 1. The van der Waals surface area contributed by atoms with Crippen molar-refractivity contribution in [3.63, 3.8) is 0 Å². The van der Waals surface area contributed by atoms with Crippen molar-refractivity contribution < 1.29 is 13.3 Å². The van der Waals surface area contributed by atoms with Crippen molar-refractivity contribution in [3.8, 4) is 0 Å². The normalized spacial score (nSPS) is 18.8. The molecule has 1 aromatic carbocycles. The van der Waals surface area contributed by atoms with E-state index < -0.39 is 14.9 Å². The first-order valence-electron chi connectivity index (χ1n) is 6.91. The Labute approximate surface area is 123 Å². The Hall–Kier alpha value is -1.51. The SMILES string of the molecule is O=[N+]([O-])c1ccccc1CS(=O)(=O)NCC[C@@H]1CCCN1. The molecule has 1 heterocycles. The first-order valence-corrected chi connectivity index (χ1v) is 8.56. The second kappa shape index (κ2) is 6.97. The number of nitrogens with one attached hydrogen (secondary N) is 2. The van der Waals surface area contributed by atoms with Crippen LogP contribution in [0.3, 0.4) is 0 Å². The molecule has 0 saturated carbocycles. The van der Waals surface area contributed by atoms with Gasteiger partial charge in [0, 0.05) is 24.2 Å². The van der Waals surface area contributed by atoms with Crippen molar-refractivity contribution in [2.75, 3.05) is 13.1 Å². The molecule has 1 fully saturated rings. The predicted molar refractivity (Wildman–Crippen MR) is 79.4 cm³/mol. The number of para-hydroxylation sites is 1. The molecule has 7 nitrogen and oxygen atoms in total. The summed E-state index contributed by atoms with van der Waals surface area (Å²) in [5.74, 6) is -0.373. The fourth-order valence-electron chi connectivity index (χ4n) is 2.46. The molecular weight excluding hydrogens is 294 g/mol. The quantitative estimate of drug-likeness (QED) is 0.581. The Balaban J connectivity index is 1.92. The molecule has 21 heavy (non-hydrogen) atoms. The molecule has 0 amide bonds. The number of rotatable bonds is 7. The van der Waals surface area contributed by atoms with Crippen LogP contribution in [-0.4, -0.2) is 32.5 Å². The van der Waals surface area contributed by atoms with E-state index in [9.17, 15) is 18.5 Å².